The average molecular weight is 291 g/mol. The van der Waals surface area contributed by atoms with Crippen molar-refractivity contribution in [1.82, 2.24) is 9.97 Å². The number of nitrogens with one attached hydrogen (secondary N) is 1. The molecule has 0 aliphatic heterocycles. The summed E-state index contributed by atoms with van der Waals surface area (Å²) in [6.45, 7) is 2.92. The monoisotopic (exact) mass is 290 g/mol. The first-order valence-corrected chi connectivity index (χ1v) is 7.16. The number of anilines is 2. The van der Waals surface area contributed by atoms with Crippen LogP contribution in [-0.2, 0) is 12.8 Å². The smallest absolute Gasteiger partial charge is 0.134 e. The molecule has 0 atom stereocenters. The van der Waals surface area contributed by atoms with Crippen LogP contribution in [0, 0.1) is 0 Å². The summed E-state index contributed by atoms with van der Waals surface area (Å²) in [5, 5.41) is 4.10. The number of benzene rings is 1. The summed E-state index contributed by atoms with van der Waals surface area (Å²) >= 11 is 5.87. The fraction of sp³-hybridized carbons (Fsp3) is 0.333. The third-order valence-electron chi connectivity index (χ3n) is 3.10. The average Bonchev–Trinajstić information content (AvgIpc) is 2.45. The molecular formula is C15H19ClN4. The van der Waals surface area contributed by atoms with E-state index in [-0.39, 0.29) is 0 Å². The highest BCUT2D eigenvalue weighted by atomic mass is 35.5. The highest BCUT2D eigenvalue weighted by molar-refractivity contribution is 6.30. The predicted octanol–water partition coefficient (Wildman–Crippen LogP) is 3.32. The Labute approximate surface area is 124 Å². The Kier molecular flexibility index (Phi) is 5.18. The quantitative estimate of drug-likeness (QED) is 0.856. The van der Waals surface area contributed by atoms with Crippen molar-refractivity contribution in [3.8, 4) is 0 Å². The number of nitrogens with two attached hydrogens (primary N) is 1. The topological polar surface area (TPSA) is 63.8 Å². The lowest BCUT2D eigenvalue weighted by Gasteiger charge is -2.11. The van der Waals surface area contributed by atoms with Crippen molar-refractivity contribution in [2.75, 3.05) is 17.6 Å². The summed E-state index contributed by atoms with van der Waals surface area (Å²) in [5.41, 5.74) is 8.14. The van der Waals surface area contributed by atoms with E-state index in [9.17, 15) is 0 Å². The van der Waals surface area contributed by atoms with Crippen molar-refractivity contribution in [1.29, 1.82) is 0 Å². The zero-order valence-corrected chi connectivity index (χ0v) is 12.3. The van der Waals surface area contributed by atoms with Gasteiger partial charge in [-0.2, -0.15) is 0 Å². The van der Waals surface area contributed by atoms with Gasteiger partial charge in [-0.3, -0.25) is 0 Å². The van der Waals surface area contributed by atoms with Gasteiger partial charge in [0.05, 0.1) is 0 Å². The fourth-order valence-electron chi connectivity index (χ4n) is 2.05. The maximum Gasteiger partial charge on any atom is 0.134 e. The fourth-order valence-corrected chi connectivity index (χ4v) is 2.18. The zero-order valence-electron chi connectivity index (χ0n) is 11.6. The second-order valence-electron chi connectivity index (χ2n) is 4.64. The Hall–Kier alpha value is -1.81. The standard InChI is InChI=1S/C15H19ClN4/c1-2-3-13-14(17)19-10-20-15(13)18-9-8-11-4-6-12(16)7-5-11/h4-7,10H,2-3,8-9H2,1H3,(H3,17,18,19,20). The Bertz CT molecular complexity index is 554. The van der Waals surface area contributed by atoms with Crippen molar-refractivity contribution in [3.63, 3.8) is 0 Å². The van der Waals surface area contributed by atoms with Gasteiger partial charge in [-0.1, -0.05) is 37.1 Å². The maximum atomic E-state index is 5.90. The van der Waals surface area contributed by atoms with Crippen LogP contribution < -0.4 is 11.1 Å². The van der Waals surface area contributed by atoms with E-state index in [1.807, 2.05) is 24.3 Å². The molecule has 0 aliphatic rings. The molecule has 0 fully saturated rings. The van der Waals surface area contributed by atoms with Crippen molar-refractivity contribution >= 4 is 23.2 Å². The highest BCUT2D eigenvalue weighted by Gasteiger charge is 2.07. The Morgan fingerprint density at radius 1 is 1.15 bits per heavy atom. The largest absolute Gasteiger partial charge is 0.383 e. The van der Waals surface area contributed by atoms with Gasteiger partial charge in [0, 0.05) is 17.1 Å². The van der Waals surface area contributed by atoms with Crippen LogP contribution in [0.2, 0.25) is 5.02 Å². The zero-order chi connectivity index (χ0) is 14.4. The van der Waals surface area contributed by atoms with Crippen LogP contribution in [0.4, 0.5) is 11.6 Å². The van der Waals surface area contributed by atoms with Gasteiger partial charge in [0.15, 0.2) is 0 Å². The number of nitrogen functional groups attached to an aromatic ring is 1. The number of hydrogen-bond donors (Lipinski definition) is 2. The Morgan fingerprint density at radius 3 is 2.60 bits per heavy atom. The first-order valence-electron chi connectivity index (χ1n) is 6.78. The maximum absolute atomic E-state index is 5.90. The van der Waals surface area contributed by atoms with E-state index in [2.05, 4.69) is 22.2 Å². The molecule has 0 saturated carbocycles. The summed E-state index contributed by atoms with van der Waals surface area (Å²) in [5.74, 6) is 1.41. The molecular weight excluding hydrogens is 272 g/mol. The van der Waals surface area contributed by atoms with Crippen LogP contribution in [0.1, 0.15) is 24.5 Å². The minimum absolute atomic E-state index is 0.566. The Morgan fingerprint density at radius 2 is 1.90 bits per heavy atom. The van der Waals surface area contributed by atoms with Gasteiger partial charge < -0.3 is 11.1 Å². The molecule has 0 radical (unpaired) electrons. The minimum atomic E-state index is 0.566. The van der Waals surface area contributed by atoms with Crippen LogP contribution in [-0.4, -0.2) is 16.5 Å². The molecule has 3 N–H and O–H groups in total. The normalized spacial score (nSPS) is 10.5. The van der Waals surface area contributed by atoms with Gasteiger partial charge >= 0.3 is 0 Å². The van der Waals surface area contributed by atoms with Gasteiger partial charge in [0.1, 0.15) is 18.0 Å². The van der Waals surface area contributed by atoms with Crippen molar-refractivity contribution in [3.05, 3.63) is 46.7 Å². The van der Waals surface area contributed by atoms with Gasteiger partial charge in [0.2, 0.25) is 0 Å². The van der Waals surface area contributed by atoms with Crippen LogP contribution >= 0.6 is 11.6 Å². The van der Waals surface area contributed by atoms with E-state index >= 15 is 0 Å². The molecule has 0 spiro atoms. The van der Waals surface area contributed by atoms with Gasteiger partial charge in [-0.05, 0) is 30.5 Å². The van der Waals surface area contributed by atoms with E-state index in [4.69, 9.17) is 17.3 Å². The van der Waals surface area contributed by atoms with Gasteiger partial charge in [0.25, 0.3) is 0 Å². The lowest BCUT2D eigenvalue weighted by atomic mass is 10.1. The highest BCUT2D eigenvalue weighted by Crippen LogP contribution is 2.19. The summed E-state index contributed by atoms with van der Waals surface area (Å²) in [7, 11) is 0. The third kappa shape index (κ3) is 3.84. The summed E-state index contributed by atoms with van der Waals surface area (Å²) in [6.07, 6.45) is 4.31. The van der Waals surface area contributed by atoms with E-state index in [1.54, 1.807) is 0 Å². The van der Waals surface area contributed by atoms with E-state index in [1.165, 1.54) is 11.9 Å². The number of aromatic nitrogens is 2. The first-order chi connectivity index (χ1) is 9.70. The number of rotatable bonds is 6. The molecule has 106 valence electrons. The van der Waals surface area contributed by atoms with Crippen LogP contribution in [0.3, 0.4) is 0 Å². The molecule has 0 aliphatic carbocycles. The number of hydrogen-bond acceptors (Lipinski definition) is 4. The van der Waals surface area contributed by atoms with E-state index in [0.717, 1.165) is 42.2 Å². The SMILES string of the molecule is CCCc1c(N)ncnc1NCCc1ccc(Cl)cc1. The molecule has 0 saturated heterocycles. The van der Waals surface area contributed by atoms with E-state index < -0.39 is 0 Å². The molecule has 5 heteroatoms. The predicted molar refractivity (Wildman–Crippen MR) is 84.1 cm³/mol. The van der Waals surface area contributed by atoms with Crippen LogP contribution in [0.25, 0.3) is 0 Å². The molecule has 1 heterocycles. The molecule has 0 unspecified atom stereocenters. The number of nitrogens with zero attached hydrogens (tertiary/aromatic N) is 2. The molecule has 2 rings (SSSR count). The molecule has 2 aromatic rings. The lowest BCUT2D eigenvalue weighted by Crippen LogP contribution is -2.11. The van der Waals surface area contributed by atoms with Crippen molar-refractivity contribution in [2.24, 2.45) is 0 Å². The molecule has 0 amide bonds. The molecule has 20 heavy (non-hydrogen) atoms. The van der Waals surface area contributed by atoms with Crippen molar-refractivity contribution < 1.29 is 0 Å². The molecule has 0 bridgehead atoms. The van der Waals surface area contributed by atoms with Gasteiger partial charge in [-0.25, -0.2) is 9.97 Å². The summed E-state index contributed by atoms with van der Waals surface area (Å²) in [4.78, 5) is 8.33. The third-order valence-corrected chi connectivity index (χ3v) is 3.35. The minimum Gasteiger partial charge on any atom is -0.383 e. The Balaban J connectivity index is 1.97. The second-order valence-corrected chi connectivity index (χ2v) is 5.08. The summed E-state index contributed by atoms with van der Waals surface area (Å²) < 4.78 is 0. The lowest BCUT2D eigenvalue weighted by molar-refractivity contribution is 0.897. The van der Waals surface area contributed by atoms with Crippen LogP contribution in [0.5, 0.6) is 0 Å². The summed E-state index contributed by atoms with van der Waals surface area (Å²) in [6, 6.07) is 7.88. The van der Waals surface area contributed by atoms with Crippen LogP contribution in [0.15, 0.2) is 30.6 Å². The number of halogens is 1. The van der Waals surface area contributed by atoms with Crippen molar-refractivity contribution in [2.45, 2.75) is 26.2 Å². The molecule has 1 aromatic carbocycles. The van der Waals surface area contributed by atoms with Gasteiger partial charge in [-0.15, -0.1) is 0 Å². The molecule has 1 aromatic heterocycles. The second kappa shape index (κ2) is 7.10. The molecule has 4 nitrogen and oxygen atoms in total. The van der Waals surface area contributed by atoms with E-state index in [0.29, 0.717) is 5.82 Å². The first kappa shape index (κ1) is 14.6.